The van der Waals surface area contributed by atoms with Crippen LogP contribution in [0.1, 0.15) is 24.2 Å². The Bertz CT molecular complexity index is 1160. The van der Waals surface area contributed by atoms with Crippen molar-refractivity contribution in [2.45, 2.75) is 32.6 Å². The van der Waals surface area contributed by atoms with Crippen LogP contribution >= 0.6 is 0 Å². The molecule has 3 aromatic rings. The summed E-state index contributed by atoms with van der Waals surface area (Å²) in [6.07, 6.45) is -0.868. The minimum Gasteiger partial charge on any atom is -0.435 e. The van der Waals surface area contributed by atoms with Gasteiger partial charge in [-0.25, -0.2) is 4.39 Å². The number of nitrogens with zero attached hydrogens (tertiary/aromatic N) is 2. The standard InChI is InChI=1S/C22H20F3N3O4/c1-12(13(2)29)26-20(30)18-11-19(14-6-8-17(9-7-14)32-22(24)25)27-28(21(18)31)16-5-3-4-15(23)10-16/h3-13,22,29H,1-2H3,(H,26,30)/t12-,13-/m1/s1. The highest BCUT2D eigenvalue weighted by Gasteiger charge is 2.20. The van der Waals surface area contributed by atoms with Crippen LogP contribution < -0.4 is 15.6 Å². The normalized spacial score (nSPS) is 13.0. The first-order valence-electron chi connectivity index (χ1n) is 9.60. The summed E-state index contributed by atoms with van der Waals surface area (Å²) in [5, 5.41) is 16.4. The summed E-state index contributed by atoms with van der Waals surface area (Å²) < 4.78 is 43.7. The summed E-state index contributed by atoms with van der Waals surface area (Å²) in [7, 11) is 0. The second kappa shape index (κ2) is 9.65. The number of carbonyl (C=O) groups excluding carboxylic acids is 1. The van der Waals surface area contributed by atoms with Crippen molar-refractivity contribution in [2.75, 3.05) is 0 Å². The molecule has 0 bridgehead atoms. The number of nitrogens with one attached hydrogen (secondary N) is 1. The predicted octanol–water partition coefficient (Wildman–Crippen LogP) is 3.14. The van der Waals surface area contributed by atoms with Gasteiger partial charge in [-0.1, -0.05) is 6.07 Å². The molecule has 2 atom stereocenters. The van der Waals surface area contributed by atoms with Crippen LogP contribution in [0.4, 0.5) is 13.2 Å². The summed E-state index contributed by atoms with van der Waals surface area (Å²) in [4.78, 5) is 25.7. The molecule has 168 valence electrons. The number of amides is 1. The van der Waals surface area contributed by atoms with E-state index in [4.69, 9.17) is 0 Å². The lowest BCUT2D eigenvalue weighted by atomic mass is 10.1. The number of alkyl halides is 2. The molecular weight excluding hydrogens is 427 g/mol. The van der Waals surface area contributed by atoms with E-state index in [1.165, 1.54) is 55.5 Å². The average molecular weight is 447 g/mol. The third-order valence-corrected chi connectivity index (χ3v) is 4.67. The third kappa shape index (κ3) is 5.33. The summed E-state index contributed by atoms with van der Waals surface area (Å²) >= 11 is 0. The van der Waals surface area contributed by atoms with Gasteiger partial charge in [0.2, 0.25) is 0 Å². The maximum Gasteiger partial charge on any atom is 0.387 e. The quantitative estimate of drug-likeness (QED) is 0.581. The van der Waals surface area contributed by atoms with Gasteiger partial charge in [-0.2, -0.15) is 18.6 Å². The molecule has 1 heterocycles. The lowest BCUT2D eigenvalue weighted by Gasteiger charge is -2.17. The molecule has 0 aliphatic rings. The van der Waals surface area contributed by atoms with Crippen molar-refractivity contribution in [3.05, 3.63) is 76.3 Å². The van der Waals surface area contributed by atoms with Crippen molar-refractivity contribution < 1.29 is 27.8 Å². The van der Waals surface area contributed by atoms with Crippen LogP contribution in [-0.2, 0) is 0 Å². The van der Waals surface area contributed by atoms with Gasteiger partial charge in [-0.15, -0.1) is 0 Å². The molecule has 10 heteroatoms. The predicted molar refractivity (Wildman–Crippen MR) is 110 cm³/mol. The molecule has 3 rings (SSSR count). The fourth-order valence-electron chi connectivity index (χ4n) is 2.79. The van der Waals surface area contributed by atoms with Crippen molar-refractivity contribution in [1.29, 1.82) is 0 Å². The van der Waals surface area contributed by atoms with Crippen molar-refractivity contribution in [3.63, 3.8) is 0 Å². The van der Waals surface area contributed by atoms with Crippen LogP contribution in [0.3, 0.4) is 0 Å². The minimum atomic E-state index is -2.99. The number of aliphatic hydroxyl groups is 1. The van der Waals surface area contributed by atoms with Gasteiger partial charge in [-0.3, -0.25) is 9.59 Å². The van der Waals surface area contributed by atoms with Gasteiger partial charge in [0.05, 0.1) is 23.5 Å². The van der Waals surface area contributed by atoms with E-state index in [2.05, 4.69) is 15.2 Å². The fourth-order valence-corrected chi connectivity index (χ4v) is 2.79. The van der Waals surface area contributed by atoms with Crippen LogP contribution in [-0.4, -0.2) is 39.6 Å². The molecule has 2 N–H and O–H groups in total. The summed E-state index contributed by atoms with van der Waals surface area (Å²) in [6, 6.07) is 11.1. The first-order valence-corrected chi connectivity index (χ1v) is 9.60. The van der Waals surface area contributed by atoms with Crippen LogP contribution in [0.5, 0.6) is 5.75 Å². The smallest absolute Gasteiger partial charge is 0.387 e. The van der Waals surface area contributed by atoms with E-state index in [-0.39, 0.29) is 22.7 Å². The van der Waals surface area contributed by atoms with Crippen molar-refractivity contribution in [2.24, 2.45) is 0 Å². The molecular formula is C22H20F3N3O4. The van der Waals surface area contributed by atoms with Gasteiger partial charge in [0, 0.05) is 5.56 Å². The molecule has 7 nitrogen and oxygen atoms in total. The van der Waals surface area contributed by atoms with E-state index in [9.17, 15) is 27.9 Å². The SMILES string of the molecule is C[C@@H](O)[C@@H](C)NC(=O)c1cc(-c2ccc(OC(F)F)cc2)nn(-c2cccc(F)c2)c1=O. The van der Waals surface area contributed by atoms with Crippen LogP contribution in [0.15, 0.2) is 59.4 Å². The minimum absolute atomic E-state index is 0.0778. The van der Waals surface area contributed by atoms with Crippen molar-refractivity contribution in [3.8, 4) is 22.7 Å². The Kier molecular flexibility index (Phi) is 6.94. The van der Waals surface area contributed by atoms with Gasteiger partial charge in [0.15, 0.2) is 0 Å². The molecule has 0 aliphatic carbocycles. The molecule has 32 heavy (non-hydrogen) atoms. The average Bonchev–Trinajstić information content (AvgIpc) is 2.74. The van der Waals surface area contributed by atoms with Crippen LogP contribution in [0.2, 0.25) is 0 Å². The van der Waals surface area contributed by atoms with Gasteiger partial charge in [0.1, 0.15) is 17.1 Å². The highest BCUT2D eigenvalue weighted by molar-refractivity contribution is 5.95. The van der Waals surface area contributed by atoms with Crippen molar-refractivity contribution >= 4 is 5.91 Å². The zero-order valence-corrected chi connectivity index (χ0v) is 17.1. The highest BCUT2D eigenvalue weighted by atomic mass is 19.3. The fraction of sp³-hybridized carbons (Fsp3) is 0.227. The Morgan fingerprint density at radius 1 is 1.12 bits per heavy atom. The number of benzene rings is 2. The van der Waals surface area contributed by atoms with E-state index in [1.807, 2.05) is 0 Å². The highest BCUT2D eigenvalue weighted by Crippen LogP contribution is 2.22. The second-order valence-corrected chi connectivity index (χ2v) is 7.05. The second-order valence-electron chi connectivity index (χ2n) is 7.05. The topological polar surface area (TPSA) is 93.4 Å². The van der Waals surface area contributed by atoms with E-state index < -0.39 is 36.0 Å². The summed E-state index contributed by atoms with van der Waals surface area (Å²) in [5.74, 6) is -1.44. The molecule has 0 aliphatic heterocycles. The third-order valence-electron chi connectivity index (χ3n) is 4.67. The van der Waals surface area contributed by atoms with Gasteiger partial charge >= 0.3 is 6.61 Å². The molecule has 1 amide bonds. The molecule has 0 saturated carbocycles. The first kappa shape index (κ1) is 23.0. The van der Waals surface area contributed by atoms with Gasteiger partial charge in [-0.05, 0) is 62.4 Å². The van der Waals surface area contributed by atoms with E-state index >= 15 is 0 Å². The van der Waals surface area contributed by atoms with Crippen LogP contribution in [0, 0.1) is 5.82 Å². The zero-order valence-electron chi connectivity index (χ0n) is 17.1. The Balaban J connectivity index is 2.12. The molecule has 0 unspecified atom stereocenters. The van der Waals surface area contributed by atoms with Gasteiger partial charge in [0.25, 0.3) is 11.5 Å². The number of carbonyl (C=O) groups is 1. The number of halogens is 3. The number of ether oxygens (including phenoxy) is 1. The largest absolute Gasteiger partial charge is 0.435 e. The number of hydrogen-bond donors (Lipinski definition) is 2. The molecule has 1 aromatic heterocycles. The number of hydrogen-bond acceptors (Lipinski definition) is 5. The Labute approximate surface area is 181 Å². The van der Waals surface area contributed by atoms with Crippen molar-refractivity contribution in [1.82, 2.24) is 15.1 Å². The Hall–Kier alpha value is -3.66. The Morgan fingerprint density at radius 3 is 2.41 bits per heavy atom. The molecule has 2 aromatic carbocycles. The summed E-state index contributed by atoms with van der Waals surface area (Å²) in [6.45, 7) is 0.0640. The van der Waals surface area contributed by atoms with Gasteiger partial charge < -0.3 is 15.2 Å². The number of aliphatic hydroxyl groups excluding tert-OH is 1. The van der Waals surface area contributed by atoms with E-state index in [0.29, 0.717) is 5.56 Å². The number of aromatic nitrogens is 2. The first-order chi connectivity index (χ1) is 15.2. The molecule has 0 spiro atoms. The van der Waals surface area contributed by atoms with E-state index in [1.54, 1.807) is 6.92 Å². The molecule has 0 radical (unpaired) electrons. The zero-order chi connectivity index (χ0) is 23.4. The lowest BCUT2D eigenvalue weighted by Crippen LogP contribution is -2.42. The lowest BCUT2D eigenvalue weighted by molar-refractivity contribution is -0.0498. The van der Waals surface area contributed by atoms with Crippen LogP contribution in [0.25, 0.3) is 16.9 Å². The maximum atomic E-state index is 13.8. The molecule has 0 saturated heterocycles. The number of rotatable bonds is 7. The van der Waals surface area contributed by atoms with E-state index in [0.717, 1.165) is 10.7 Å². The molecule has 0 fully saturated rings. The Morgan fingerprint density at radius 2 is 1.81 bits per heavy atom. The summed E-state index contributed by atoms with van der Waals surface area (Å²) in [5.41, 5.74) is -0.444. The maximum absolute atomic E-state index is 13.8. The monoisotopic (exact) mass is 447 g/mol.